The van der Waals surface area contributed by atoms with Crippen molar-refractivity contribution in [3.05, 3.63) is 69.6 Å². The van der Waals surface area contributed by atoms with E-state index >= 15 is 0 Å². The van der Waals surface area contributed by atoms with Crippen LogP contribution in [0.2, 0.25) is 0 Å². The van der Waals surface area contributed by atoms with E-state index in [1.165, 1.54) is 19.3 Å². The van der Waals surface area contributed by atoms with Crippen molar-refractivity contribution in [3.8, 4) is 34.5 Å². The molecule has 1 aliphatic heterocycles. The molecule has 0 spiro atoms. The largest absolute Gasteiger partial charge is 0.477 e. The highest BCUT2D eigenvalue weighted by molar-refractivity contribution is 7.14. The zero-order valence-corrected chi connectivity index (χ0v) is 21.2. The van der Waals surface area contributed by atoms with Gasteiger partial charge in [-0.05, 0) is 31.2 Å². The molecule has 0 saturated carbocycles. The Balaban J connectivity index is 1.52. The van der Waals surface area contributed by atoms with Crippen LogP contribution in [-0.2, 0) is 11.3 Å². The molecule has 1 aromatic carbocycles. The standard InChI is InChI=1S/C27H22N4O6S/c1-16(32)19-13-24(27(33)34)38-25(19)15-36-26-21(14-28)20(22-6-9-37-30-22)12-23(29-26)17-2-4-18(5-3-17)31-7-10-35-11-8-31/h2-6,9,12-13H,7-8,10-11,15H2,1H3,(H,33,34). The van der Waals surface area contributed by atoms with Gasteiger partial charge in [0.2, 0.25) is 5.88 Å². The normalized spacial score (nSPS) is 13.2. The predicted molar refractivity (Wildman–Crippen MR) is 139 cm³/mol. The lowest BCUT2D eigenvalue weighted by molar-refractivity contribution is 0.0702. The molecule has 10 nitrogen and oxygen atoms in total. The fraction of sp³-hybridized carbons (Fsp3) is 0.222. The van der Waals surface area contributed by atoms with Crippen LogP contribution in [-0.4, -0.2) is 53.3 Å². The molecule has 1 saturated heterocycles. The number of carbonyl (C=O) groups is 2. The van der Waals surface area contributed by atoms with E-state index in [1.807, 2.05) is 24.3 Å². The van der Waals surface area contributed by atoms with Gasteiger partial charge in [-0.15, -0.1) is 11.3 Å². The van der Waals surface area contributed by atoms with Gasteiger partial charge < -0.3 is 24.0 Å². The third kappa shape index (κ3) is 5.13. The number of aromatic carboxylic acids is 1. The number of Topliss-reactive ketones (excluding diaryl/α,β-unsaturated/α-hetero) is 1. The number of nitriles is 1. The minimum Gasteiger partial charge on any atom is -0.477 e. The van der Waals surface area contributed by atoms with Crippen LogP contribution in [0.1, 0.15) is 37.4 Å². The van der Waals surface area contributed by atoms with Gasteiger partial charge in [0.1, 0.15) is 35.1 Å². The molecule has 0 unspecified atom stereocenters. The van der Waals surface area contributed by atoms with Crippen molar-refractivity contribution in [2.24, 2.45) is 0 Å². The van der Waals surface area contributed by atoms with Crippen LogP contribution in [0.4, 0.5) is 5.69 Å². The molecule has 192 valence electrons. The van der Waals surface area contributed by atoms with Crippen molar-refractivity contribution in [2.75, 3.05) is 31.2 Å². The second-order valence-corrected chi connectivity index (χ2v) is 9.61. The van der Waals surface area contributed by atoms with E-state index in [9.17, 15) is 20.0 Å². The maximum Gasteiger partial charge on any atom is 0.345 e. The first-order valence-corrected chi connectivity index (χ1v) is 12.5. The van der Waals surface area contributed by atoms with Gasteiger partial charge in [0, 0.05) is 41.5 Å². The third-order valence-corrected chi connectivity index (χ3v) is 7.19. The Morgan fingerprint density at radius 2 is 1.92 bits per heavy atom. The lowest BCUT2D eigenvalue weighted by atomic mass is 10.0. The van der Waals surface area contributed by atoms with Gasteiger partial charge in [-0.3, -0.25) is 4.79 Å². The van der Waals surface area contributed by atoms with Crippen molar-refractivity contribution in [1.82, 2.24) is 10.1 Å². The summed E-state index contributed by atoms with van der Waals surface area (Å²) in [5.74, 6) is -1.37. The summed E-state index contributed by atoms with van der Waals surface area (Å²) in [6.07, 6.45) is 1.41. The second kappa shape index (κ2) is 10.8. The van der Waals surface area contributed by atoms with Gasteiger partial charge in [-0.25, -0.2) is 9.78 Å². The summed E-state index contributed by atoms with van der Waals surface area (Å²) < 4.78 is 16.4. The number of nitrogens with zero attached hydrogens (tertiary/aromatic N) is 4. The molecule has 0 bridgehead atoms. The van der Waals surface area contributed by atoms with E-state index in [0.717, 1.165) is 35.7 Å². The summed E-state index contributed by atoms with van der Waals surface area (Å²) in [5.41, 5.74) is 3.74. The number of ether oxygens (including phenoxy) is 2. The van der Waals surface area contributed by atoms with E-state index in [-0.39, 0.29) is 34.3 Å². The first-order chi connectivity index (χ1) is 18.4. The molecule has 1 fully saturated rings. The molecule has 0 aliphatic carbocycles. The number of anilines is 1. The summed E-state index contributed by atoms with van der Waals surface area (Å²) in [7, 11) is 0. The Kier molecular flexibility index (Phi) is 7.17. The molecule has 5 rings (SSSR count). The number of aromatic nitrogens is 2. The number of benzene rings is 1. The highest BCUT2D eigenvalue weighted by atomic mass is 32.1. The fourth-order valence-corrected chi connectivity index (χ4v) is 5.13. The van der Waals surface area contributed by atoms with Crippen LogP contribution in [0.5, 0.6) is 5.88 Å². The number of rotatable bonds is 8. The van der Waals surface area contributed by atoms with Crippen LogP contribution < -0.4 is 9.64 Å². The number of hydrogen-bond donors (Lipinski definition) is 1. The zero-order valence-electron chi connectivity index (χ0n) is 20.3. The molecule has 4 heterocycles. The second-order valence-electron chi connectivity index (χ2n) is 8.48. The molecular weight excluding hydrogens is 508 g/mol. The van der Waals surface area contributed by atoms with Gasteiger partial charge in [0.05, 0.1) is 23.8 Å². The van der Waals surface area contributed by atoms with Gasteiger partial charge in [0.15, 0.2) is 5.78 Å². The molecule has 0 atom stereocenters. The average Bonchev–Trinajstić information content (AvgIpc) is 3.63. The number of carboxylic acid groups (broad SMARTS) is 1. The van der Waals surface area contributed by atoms with E-state index in [0.29, 0.717) is 35.0 Å². The van der Waals surface area contributed by atoms with Crippen LogP contribution in [0.3, 0.4) is 0 Å². The molecule has 3 aromatic heterocycles. The maximum absolute atomic E-state index is 12.1. The number of carbonyl (C=O) groups excluding carboxylic acids is 1. The Morgan fingerprint density at radius 1 is 1.16 bits per heavy atom. The summed E-state index contributed by atoms with van der Waals surface area (Å²) in [5, 5.41) is 23.3. The van der Waals surface area contributed by atoms with Crippen molar-refractivity contribution in [1.29, 1.82) is 5.26 Å². The maximum atomic E-state index is 12.1. The third-order valence-electron chi connectivity index (χ3n) is 6.09. The first kappa shape index (κ1) is 25.1. The minimum atomic E-state index is -1.13. The van der Waals surface area contributed by atoms with Crippen molar-refractivity contribution in [3.63, 3.8) is 0 Å². The fourth-order valence-electron chi connectivity index (χ4n) is 4.17. The highest BCUT2D eigenvalue weighted by Gasteiger charge is 2.21. The smallest absolute Gasteiger partial charge is 0.345 e. The average molecular weight is 531 g/mol. The minimum absolute atomic E-state index is 0.0275. The number of carboxylic acids is 1. The molecule has 0 radical (unpaired) electrons. The zero-order chi connectivity index (χ0) is 26.6. The van der Waals surface area contributed by atoms with Gasteiger partial charge in [-0.1, -0.05) is 17.3 Å². The molecule has 4 aromatic rings. The van der Waals surface area contributed by atoms with Gasteiger partial charge in [-0.2, -0.15) is 5.26 Å². The first-order valence-electron chi connectivity index (χ1n) is 11.7. The quantitative estimate of drug-likeness (QED) is 0.320. The lowest BCUT2D eigenvalue weighted by Gasteiger charge is -2.28. The van der Waals surface area contributed by atoms with E-state index < -0.39 is 5.97 Å². The molecule has 1 N–H and O–H groups in total. The van der Waals surface area contributed by atoms with Crippen LogP contribution in [0.25, 0.3) is 22.5 Å². The summed E-state index contributed by atoms with van der Waals surface area (Å²) in [4.78, 5) is 30.9. The van der Waals surface area contributed by atoms with Crippen molar-refractivity contribution >= 4 is 28.8 Å². The number of morpholine rings is 1. The van der Waals surface area contributed by atoms with E-state index in [1.54, 1.807) is 12.1 Å². The monoisotopic (exact) mass is 530 g/mol. The van der Waals surface area contributed by atoms with Crippen molar-refractivity contribution < 1.29 is 28.7 Å². The van der Waals surface area contributed by atoms with Crippen molar-refractivity contribution in [2.45, 2.75) is 13.5 Å². The topological polar surface area (TPSA) is 139 Å². The number of ketones is 1. The number of hydrogen-bond acceptors (Lipinski definition) is 10. The highest BCUT2D eigenvalue weighted by Crippen LogP contribution is 2.34. The lowest BCUT2D eigenvalue weighted by Crippen LogP contribution is -2.36. The summed E-state index contributed by atoms with van der Waals surface area (Å²) >= 11 is 0.949. The molecular formula is C27H22N4O6S. The SMILES string of the molecule is CC(=O)c1cc(C(=O)O)sc1COc1nc(-c2ccc(N3CCOCC3)cc2)cc(-c2ccon2)c1C#N. The van der Waals surface area contributed by atoms with Gasteiger partial charge >= 0.3 is 5.97 Å². The molecule has 0 amide bonds. The molecule has 1 aliphatic rings. The van der Waals surface area contributed by atoms with Gasteiger partial charge in [0.25, 0.3) is 0 Å². The Labute approximate surface area is 221 Å². The van der Waals surface area contributed by atoms with E-state index in [2.05, 4.69) is 21.1 Å². The summed E-state index contributed by atoms with van der Waals surface area (Å²) in [6.45, 7) is 4.23. The summed E-state index contributed by atoms with van der Waals surface area (Å²) in [6, 6.07) is 14.8. The molecule has 38 heavy (non-hydrogen) atoms. The van der Waals surface area contributed by atoms with Crippen LogP contribution in [0.15, 0.2) is 53.3 Å². The Morgan fingerprint density at radius 3 is 2.55 bits per heavy atom. The Bertz CT molecular complexity index is 1520. The number of thiophene rings is 1. The Hall–Kier alpha value is -4.53. The molecule has 11 heteroatoms. The van der Waals surface area contributed by atoms with Crippen LogP contribution in [0, 0.1) is 11.3 Å². The number of pyridine rings is 1. The van der Waals surface area contributed by atoms with E-state index in [4.69, 9.17) is 14.0 Å². The van der Waals surface area contributed by atoms with Crippen LogP contribution >= 0.6 is 11.3 Å². The predicted octanol–water partition coefficient (Wildman–Crippen LogP) is 4.65.